The number of hydrogen-bond acceptors (Lipinski definition) is 3. The standard InChI is InChI=1S/C19H26N2O3/c1-13-11-15(19(23)24)12-17-16(5-8-20-6-3-4-7-20)14(2)21(9-10-22)18(13)17/h11-12,22H,3-10H2,1-2H3,(H,23,24). The van der Waals surface area contributed by atoms with Gasteiger partial charge in [0.25, 0.3) is 0 Å². The molecule has 0 saturated carbocycles. The highest BCUT2D eigenvalue weighted by Gasteiger charge is 2.19. The zero-order valence-electron chi connectivity index (χ0n) is 14.5. The van der Waals surface area contributed by atoms with Crippen molar-refractivity contribution >= 4 is 16.9 Å². The number of aromatic nitrogens is 1. The summed E-state index contributed by atoms with van der Waals surface area (Å²) in [7, 11) is 0. The number of rotatable bonds is 6. The average molecular weight is 330 g/mol. The molecule has 3 rings (SSSR count). The number of hydrogen-bond donors (Lipinski definition) is 2. The van der Waals surface area contributed by atoms with Crippen LogP contribution in [-0.2, 0) is 13.0 Å². The lowest BCUT2D eigenvalue weighted by Crippen LogP contribution is -2.22. The van der Waals surface area contributed by atoms with Gasteiger partial charge in [0.2, 0.25) is 0 Å². The van der Waals surface area contributed by atoms with Gasteiger partial charge in [-0.15, -0.1) is 0 Å². The summed E-state index contributed by atoms with van der Waals surface area (Å²) in [6.45, 7) is 7.98. The number of aromatic carboxylic acids is 1. The normalized spacial score (nSPS) is 15.5. The maximum Gasteiger partial charge on any atom is 0.335 e. The second-order valence-electron chi connectivity index (χ2n) is 6.73. The fraction of sp³-hybridized carbons (Fsp3) is 0.526. The van der Waals surface area contributed by atoms with E-state index in [0.717, 1.165) is 48.2 Å². The zero-order valence-corrected chi connectivity index (χ0v) is 14.5. The van der Waals surface area contributed by atoms with E-state index in [-0.39, 0.29) is 6.61 Å². The van der Waals surface area contributed by atoms with Gasteiger partial charge in [-0.25, -0.2) is 4.79 Å². The summed E-state index contributed by atoms with van der Waals surface area (Å²) < 4.78 is 2.13. The Morgan fingerprint density at radius 2 is 1.88 bits per heavy atom. The molecule has 2 N–H and O–H groups in total. The fourth-order valence-corrected chi connectivity index (χ4v) is 3.99. The summed E-state index contributed by atoms with van der Waals surface area (Å²) >= 11 is 0. The number of likely N-dealkylation sites (tertiary alicyclic amines) is 1. The summed E-state index contributed by atoms with van der Waals surface area (Å²) in [5, 5.41) is 19.8. The first-order valence-electron chi connectivity index (χ1n) is 8.71. The number of carboxylic acids is 1. The molecule has 0 bridgehead atoms. The van der Waals surface area contributed by atoms with Crippen LogP contribution in [0.5, 0.6) is 0 Å². The minimum absolute atomic E-state index is 0.0797. The first-order valence-corrected chi connectivity index (χ1v) is 8.71. The van der Waals surface area contributed by atoms with Crippen molar-refractivity contribution in [3.05, 3.63) is 34.5 Å². The fourth-order valence-electron chi connectivity index (χ4n) is 3.99. The predicted octanol–water partition coefficient (Wildman–Crippen LogP) is 2.59. The van der Waals surface area contributed by atoms with Crippen molar-refractivity contribution in [2.75, 3.05) is 26.2 Å². The molecular weight excluding hydrogens is 304 g/mol. The molecule has 1 aliphatic heterocycles. The van der Waals surface area contributed by atoms with Crippen molar-refractivity contribution < 1.29 is 15.0 Å². The summed E-state index contributed by atoms with van der Waals surface area (Å²) in [5.41, 5.74) is 4.71. The minimum atomic E-state index is -0.891. The SMILES string of the molecule is Cc1cc(C(=O)O)cc2c(CCN3CCCC3)c(C)n(CCO)c12. The molecule has 2 aromatic rings. The van der Waals surface area contributed by atoms with Crippen LogP contribution < -0.4 is 0 Å². The van der Waals surface area contributed by atoms with Crippen LogP contribution in [0.1, 0.15) is 40.0 Å². The van der Waals surface area contributed by atoms with E-state index >= 15 is 0 Å². The summed E-state index contributed by atoms with van der Waals surface area (Å²) in [4.78, 5) is 13.9. The van der Waals surface area contributed by atoms with Crippen LogP contribution in [0.2, 0.25) is 0 Å². The second kappa shape index (κ2) is 6.95. The van der Waals surface area contributed by atoms with Crippen molar-refractivity contribution in [2.24, 2.45) is 0 Å². The molecule has 0 atom stereocenters. The molecule has 1 saturated heterocycles. The number of fused-ring (bicyclic) bond motifs is 1. The molecule has 5 nitrogen and oxygen atoms in total. The van der Waals surface area contributed by atoms with Crippen LogP contribution in [0.3, 0.4) is 0 Å². The van der Waals surface area contributed by atoms with Gasteiger partial charge in [0.1, 0.15) is 0 Å². The lowest BCUT2D eigenvalue weighted by molar-refractivity contribution is 0.0697. The first-order chi connectivity index (χ1) is 11.5. The van der Waals surface area contributed by atoms with Crippen molar-refractivity contribution in [3.8, 4) is 0 Å². The molecule has 1 aromatic carbocycles. The molecule has 5 heteroatoms. The van der Waals surface area contributed by atoms with E-state index in [4.69, 9.17) is 0 Å². The third kappa shape index (κ3) is 3.06. The largest absolute Gasteiger partial charge is 0.478 e. The average Bonchev–Trinajstić information content (AvgIpc) is 3.14. The smallest absolute Gasteiger partial charge is 0.335 e. The Kier molecular flexibility index (Phi) is 4.92. The Morgan fingerprint density at radius 3 is 2.50 bits per heavy atom. The van der Waals surface area contributed by atoms with Gasteiger partial charge in [-0.3, -0.25) is 0 Å². The Bertz CT molecular complexity index is 758. The van der Waals surface area contributed by atoms with E-state index in [1.165, 1.54) is 18.4 Å². The van der Waals surface area contributed by atoms with E-state index < -0.39 is 5.97 Å². The number of benzene rings is 1. The lowest BCUT2D eigenvalue weighted by atomic mass is 10.0. The summed E-state index contributed by atoms with van der Waals surface area (Å²) in [5.74, 6) is -0.891. The monoisotopic (exact) mass is 330 g/mol. The van der Waals surface area contributed by atoms with Crippen LogP contribution in [-0.4, -0.2) is 51.9 Å². The van der Waals surface area contributed by atoms with Gasteiger partial charge >= 0.3 is 5.97 Å². The number of aliphatic hydroxyl groups is 1. The highest BCUT2D eigenvalue weighted by atomic mass is 16.4. The van der Waals surface area contributed by atoms with Gasteiger partial charge < -0.3 is 19.7 Å². The summed E-state index contributed by atoms with van der Waals surface area (Å²) in [6, 6.07) is 3.52. The second-order valence-corrected chi connectivity index (χ2v) is 6.73. The van der Waals surface area contributed by atoms with E-state index in [2.05, 4.69) is 16.4 Å². The molecule has 1 aromatic heterocycles. The molecule has 24 heavy (non-hydrogen) atoms. The Balaban J connectivity index is 2.07. The molecule has 0 aliphatic carbocycles. The lowest BCUT2D eigenvalue weighted by Gasteiger charge is -2.14. The predicted molar refractivity (Wildman–Crippen MR) is 94.8 cm³/mol. The van der Waals surface area contributed by atoms with Crippen LogP contribution in [0, 0.1) is 13.8 Å². The Hall–Kier alpha value is -1.85. The first kappa shape index (κ1) is 17.0. The minimum Gasteiger partial charge on any atom is -0.478 e. The number of aryl methyl sites for hydroxylation is 1. The summed E-state index contributed by atoms with van der Waals surface area (Å²) in [6.07, 6.45) is 3.46. The number of carbonyl (C=O) groups is 1. The van der Waals surface area contributed by atoms with E-state index in [1.54, 1.807) is 12.1 Å². The Labute approximate surface area is 142 Å². The van der Waals surface area contributed by atoms with Gasteiger partial charge in [0, 0.05) is 24.2 Å². The number of aliphatic hydroxyl groups excluding tert-OH is 1. The van der Waals surface area contributed by atoms with Crippen LogP contribution in [0.15, 0.2) is 12.1 Å². The highest BCUT2D eigenvalue weighted by molar-refractivity contribution is 5.97. The number of carboxylic acid groups (broad SMARTS) is 1. The van der Waals surface area contributed by atoms with Gasteiger partial charge in [-0.1, -0.05) is 0 Å². The molecule has 1 fully saturated rings. The van der Waals surface area contributed by atoms with Gasteiger partial charge in [0.15, 0.2) is 0 Å². The maximum absolute atomic E-state index is 11.4. The van der Waals surface area contributed by atoms with Gasteiger partial charge in [-0.2, -0.15) is 0 Å². The third-order valence-corrected chi connectivity index (χ3v) is 5.18. The van der Waals surface area contributed by atoms with Crippen LogP contribution in [0.4, 0.5) is 0 Å². The van der Waals surface area contributed by atoms with Crippen molar-refractivity contribution in [1.29, 1.82) is 0 Å². The van der Waals surface area contributed by atoms with Crippen LogP contribution >= 0.6 is 0 Å². The van der Waals surface area contributed by atoms with Crippen LogP contribution in [0.25, 0.3) is 10.9 Å². The molecule has 0 unspecified atom stereocenters. The number of nitrogens with zero attached hydrogens (tertiary/aromatic N) is 2. The third-order valence-electron chi connectivity index (χ3n) is 5.18. The highest BCUT2D eigenvalue weighted by Crippen LogP contribution is 2.30. The molecular formula is C19H26N2O3. The van der Waals surface area contributed by atoms with E-state index in [9.17, 15) is 15.0 Å². The topological polar surface area (TPSA) is 65.7 Å². The maximum atomic E-state index is 11.4. The van der Waals surface area contributed by atoms with Crippen molar-refractivity contribution in [2.45, 2.75) is 39.7 Å². The van der Waals surface area contributed by atoms with Crippen molar-refractivity contribution in [1.82, 2.24) is 9.47 Å². The Morgan fingerprint density at radius 1 is 1.17 bits per heavy atom. The zero-order chi connectivity index (χ0) is 17.3. The molecule has 1 aliphatic rings. The molecule has 0 amide bonds. The van der Waals surface area contributed by atoms with E-state index in [1.807, 2.05) is 6.92 Å². The van der Waals surface area contributed by atoms with Gasteiger partial charge in [-0.05, 0) is 69.5 Å². The molecule has 0 spiro atoms. The van der Waals surface area contributed by atoms with Gasteiger partial charge in [0.05, 0.1) is 17.7 Å². The molecule has 130 valence electrons. The van der Waals surface area contributed by atoms with E-state index in [0.29, 0.717) is 12.1 Å². The molecule has 0 radical (unpaired) electrons. The van der Waals surface area contributed by atoms with Crippen molar-refractivity contribution in [3.63, 3.8) is 0 Å². The quantitative estimate of drug-likeness (QED) is 0.854. The molecule has 2 heterocycles.